The number of nitrogens with zero attached hydrogens (tertiary/aromatic N) is 2. The van der Waals surface area contributed by atoms with E-state index in [4.69, 9.17) is 0 Å². The summed E-state index contributed by atoms with van der Waals surface area (Å²) >= 11 is 0. The van der Waals surface area contributed by atoms with Crippen molar-refractivity contribution < 1.29 is 22.8 Å². The molecule has 6 nitrogen and oxygen atoms in total. The maximum absolute atomic E-state index is 13.1. The van der Waals surface area contributed by atoms with Crippen LogP contribution >= 0.6 is 0 Å². The average Bonchev–Trinajstić information content (AvgIpc) is 3.06. The first kappa shape index (κ1) is 22.0. The molecule has 2 aromatic carbocycles. The molecule has 0 aliphatic carbocycles. The Hall–Kier alpha value is -3.20. The number of hydrogen-bond donors (Lipinski definition) is 2. The van der Waals surface area contributed by atoms with Gasteiger partial charge in [-0.1, -0.05) is 42.0 Å². The first-order valence-corrected chi connectivity index (χ1v) is 10.3. The fraction of sp³-hybridized carbons (Fsp3) is 0.348. The summed E-state index contributed by atoms with van der Waals surface area (Å²) in [6.45, 7) is 2.90. The number of piperidine rings is 1. The van der Waals surface area contributed by atoms with Gasteiger partial charge in [-0.25, -0.2) is 0 Å². The number of para-hydroxylation sites is 1. The average molecular weight is 444 g/mol. The molecule has 2 aliphatic heterocycles. The summed E-state index contributed by atoms with van der Waals surface area (Å²) < 4.78 is 39.4. The number of benzene rings is 2. The van der Waals surface area contributed by atoms with Gasteiger partial charge in [-0.3, -0.25) is 19.5 Å². The molecule has 1 fully saturated rings. The zero-order valence-corrected chi connectivity index (χ0v) is 17.5. The quantitative estimate of drug-likeness (QED) is 0.760. The number of halogens is 3. The number of aryl methyl sites for hydroxylation is 1. The van der Waals surface area contributed by atoms with E-state index in [1.54, 1.807) is 0 Å². The Balaban J connectivity index is 1.37. The number of alkyl halides is 3. The Morgan fingerprint density at radius 1 is 1.12 bits per heavy atom. The van der Waals surface area contributed by atoms with Crippen molar-refractivity contribution in [3.05, 3.63) is 65.2 Å². The molecule has 0 atom stereocenters. The molecule has 1 saturated heterocycles. The molecule has 2 aliphatic rings. The molecule has 0 unspecified atom stereocenters. The van der Waals surface area contributed by atoms with Crippen molar-refractivity contribution in [1.29, 1.82) is 0 Å². The molecule has 0 aromatic heterocycles. The number of aliphatic imine (C=N–C) groups is 1. The van der Waals surface area contributed by atoms with Crippen LogP contribution in [0.4, 0.5) is 18.9 Å². The molecule has 0 bridgehead atoms. The monoisotopic (exact) mass is 444 g/mol. The van der Waals surface area contributed by atoms with Gasteiger partial charge < -0.3 is 10.6 Å². The van der Waals surface area contributed by atoms with Gasteiger partial charge in [-0.15, -0.1) is 0 Å². The predicted molar refractivity (Wildman–Crippen MR) is 114 cm³/mol. The third-order valence-corrected chi connectivity index (χ3v) is 5.77. The summed E-state index contributed by atoms with van der Waals surface area (Å²) in [5, 5.41) is 5.34. The van der Waals surface area contributed by atoms with Crippen molar-refractivity contribution in [2.45, 2.75) is 31.6 Å². The van der Waals surface area contributed by atoms with Crippen LogP contribution in [0, 0.1) is 6.92 Å². The largest absolute Gasteiger partial charge is 0.418 e. The number of carbonyl (C=O) groups is 2. The molecular weight excluding hydrogens is 421 g/mol. The van der Waals surface area contributed by atoms with Crippen LogP contribution < -0.4 is 10.6 Å². The van der Waals surface area contributed by atoms with Gasteiger partial charge in [0.2, 0.25) is 5.91 Å². The molecule has 2 heterocycles. The van der Waals surface area contributed by atoms with Crippen LogP contribution in [0.5, 0.6) is 0 Å². The van der Waals surface area contributed by atoms with Gasteiger partial charge in [0.1, 0.15) is 11.4 Å². The van der Waals surface area contributed by atoms with Crippen molar-refractivity contribution in [3.63, 3.8) is 0 Å². The molecule has 2 N–H and O–H groups in total. The minimum absolute atomic E-state index is 0.0370. The summed E-state index contributed by atoms with van der Waals surface area (Å²) in [5.41, 5.74) is 0.418. The second-order valence-corrected chi connectivity index (χ2v) is 8.18. The number of rotatable bonds is 4. The normalized spacial score (nSPS) is 18.4. The van der Waals surface area contributed by atoms with Crippen LogP contribution in [0.1, 0.15) is 29.5 Å². The summed E-state index contributed by atoms with van der Waals surface area (Å²) in [4.78, 5) is 31.4. The molecule has 0 radical (unpaired) electrons. The number of likely N-dealkylation sites (tertiary alicyclic amines) is 1. The van der Waals surface area contributed by atoms with Crippen molar-refractivity contribution in [2.24, 2.45) is 4.99 Å². The van der Waals surface area contributed by atoms with Crippen LogP contribution in [0.2, 0.25) is 0 Å². The lowest BCUT2D eigenvalue weighted by atomic mass is 9.98. The van der Waals surface area contributed by atoms with Crippen LogP contribution in [0.15, 0.2) is 53.5 Å². The standard InChI is InChI=1S/C23H23F3N4O2/c1-15-6-8-16(9-7-15)20-21(32)29-22(28-20)10-12-30(13-11-22)14-19(31)27-18-5-3-2-4-17(18)23(24,25)26/h2-9H,10-14H2,1H3,(H,27,31)(H,29,32). The molecule has 1 spiro atoms. The van der Waals surface area contributed by atoms with E-state index < -0.39 is 23.3 Å². The van der Waals surface area contributed by atoms with Gasteiger partial charge in [0, 0.05) is 31.5 Å². The summed E-state index contributed by atoms with van der Waals surface area (Å²) in [6, 6.07) is 12.5. The third kappa shape index (κ3) is 4.67. The lowest BCUT2D eigenvalue weighted by Crippen LogP contribution is -2.52. The lowest BCUT2D eigenvalue weighted by molar-refractivity contribution is -0.137. The van der Waals surface area contributed by atoms with Crippen molar-refractivity contribution in [1.82, 2.24) is 10.2 Å². The Labute approximate surface area is 183 Å². The van der Waals surface area contributed by atoms with Gasteiger partial charge in [0.05, 0.1) is 17.8 Å². The summed E-state index contributed by atoms with van der Waals surface area (Å²) in [5.74, 6) is -0.735. The Bertz CT molecular complexity index is 1060. The van der Waals surface area contributed by atoms with Gasteiger partial charge in [-0.2, -0.15) is 13.2 Å². The number of anilines is 1. The summed E-state index contributed by atoms with van der Waals surface area (Å²) in [7, 11) is 0. The van der Waals surface area contributed by atoms with E-state index in [0.29, 0.717) is 31.6 Å². The topological polar surface area (TPSA) is 73.8 Å². The van der Waals surface area contributed by atoms with E-state index in [2.05, 4.69) is 15.6 Å². The maximum Gasteiger partial charge on any atom is 0.418 e. The highest BCUT2D eigenvalue weighted by molar-refractivity contribution is 6.46. The fourth-order valence-electron chi connectivity index (χ4n) is 4.02. The van der Waals surface area contributed by atoms with E-state index in [0.717, 1.165) is 17.2 Å². The fourth-order valence-corrected chi connectivity index (χ4v) is 4.02. The lowest BCUT2D eigenvalue weighted by Gasteiger charge is -2.36. The van der Waals surface area contributed by atoms with Crippen LogP contribution in [0.25, 0.3) is 0 Å². The zero-order valence-electron chi connectivity index (χ0n) is 17.5. The second-order valence-electron chi connectivity index (χ2n) is 8.18. The van der Waals surface area contributed by atoms with Gasteiger partial charge >= 0.3 is 6.18 Å². The molecule has 32 heavy (non-hydrogen) atoms. The van der Waals surface area contributed by atoms with Gasteiger partial charge in [-0.05, 0) is 19.1 Å². The number of amides is 2. The molecular formula is C23H23F3N4O2. The van der Waals surface area contributed by atoms with Crippen molar-refractivity contribution in [3.8, 4) is 0 Å². The molecule has 2 amide bonds. The van der Waals surface area contributed by atoms with Crippen molar-refractivity contribution in [2.75, 3.05) is 25.0 Å². The van der Waals surface area contributed by atoms with E-state index >= 15 is 0 Å². The highest BCUT2D eigenvalue weighted by atomic mass is 19.4. The Morgan fingerprint density at radius 2 is 1.78 bits per heavy atom. The molecule has 4 rings (SSSR count). The van der Waals surface area contributed by atoms with Gasteiger partial charge in [0.25, 0.3) is 5.91 Å². The first-order valence-electron chi connectivity index (χ1n) is 10.3. The number of carbonyl (C=O) groups excluding carboxylic acids is 2. The molecule has 9 heteroatoms. The number of hydrogen-bond acceptors (Lipinski definition) is 4. The second kappa shape index (κ2) is 8.38. The molecule has 2 aromatic rings. The Morgan fingerprint density at radius 3 is 2.44 bits per heavy atom. The van der Waals surface area contributed by atoms with E-state index in [-0.39, 0.29) is 18.1 Å². The van der Waals surface area contributed by atoms with Crippen molar-refractivity contribution >= 4 is 23.2 Å². The smallest absolute Gasteiger partial charge is 0.326 e. The van der Waals surface area contributed by atoms with Crippen LogP contribution in [-0.2, 0) is 15.8 Å². The van der Waals surface area contributed by atoms with Crippen LogP contribution in [-0.4, -0.2) is 47.7 Å². The predicted octanol–water partition coefficient (Wildman–Crippen LogP) is 3.36. The van der Waals surface area contributed by atoms with Crippen LogP contribution in [0.3, 0.4) is 0 Å². The minimum Gasteiger partial charge on any atom is -0.326 e. The highest BCUT2D eigenvalue weighted by Gasteiger charge is 2.42. The van der Waals surface area contributed by atoms with E-state index in [1.807, 2.05) is 36.1 Å². The SMILES string of the molecule is Cc1ccc(C2=NC3(CCN(CC(=O)Nc4ccccc4C(F)(F)F)CC3)NC2=O)cc1. The highest BCUT2D eigenvalue weighted by Crippen LogP contribution is 2.34. The zero-order chi connectivity index (χ0) is 22.9. The third-order valence-electron chi connectivity index (χ3n) is 5.77. The number of nitrogens with one attached hydrogen (secondary N) is 2. The van der Waals surface area contributed by atoms with E-state index in [9.17, 15) is 22.8 Å². The van der Waals surface area contributed by atoms with E-state index in [1.165, 1.54) is 18.2 Å². The maximum atomic E-state index is 13.1. The minimum atomic E-state index is -4.55. The molecule has 0 saturated carbocycles. The van der Waals surface area contributed by atoms with Gasteiger partial charge in [0.15, 0.2) is 0 Å². The Kier molecular flexibility index (Phi) is 5.77. The summed E-state index contributed by atoms with van der Waals surface area (Å²) in [6.07, 6.45) is -3.52. The molecule has 168 valence electrons. The first-order chi connectivity index (χ1) is 15.2.